The van der Waals surface area contributed by atoms with Crippen molar-refractivity contribution < 1.29 is 13.9 Å². The molecule has 2 heterocycles. The molecular weight excluding hydrogens is 429 g/mol. The molecule has 0 unspecified atom stereocenters. The van der Waals surface area contributed by atoms with Crippen LogP contribution >= 0.6 is 11.6 Å². The van der Waals surface area contributed by atoms with Crippen molar-refractivity contribution in [3.05, 3.63) is 82.9 Å². The van der Waals surface area contributed by atoms with E-state index in [9.17, 15) is 9.18 Å². The number of Topliss-reactive ketones (excluding diaryl/α,β-unsaturated/α-hetero) is 1. The Hall–Kier alpha value is -3.25. The number of rotatable bonds is 6. The highest BCUT2D eigenvalue weighted by Gasteiger charge is 2.14. The minimum Gasteiger partial charge on any atom is -0.494 e. The quantitative estimate of drug-likeness (QED) is 0.310. The second-order valence-corrected chi connectivity index (χ2v) is 7.58. The molecule has 0 saturated heterocycles. The molecule has 0 bridgehead atoms. The van der Waals surface area contributed by atoms with Gasteiger partial charge in [0.15, 0.2) is 11.4 Å². The molecular formula is C25H25ClFN3O2. The predicted octanol–water partition coefficient (Wildman–Crippen LogP) is 6.57. The average molecular weight is 454 g/mol. The van der Waals surface area contributed by atoms with Crippen molar-refractivity contribution in [2.45, 2.75) is 33.6 Å². The number of aryl methyl sites for hydroxylation is 1. The maximum Gasteiger partial charge on any atom is 0.183 e. The third-order valence-corrected chi connectivity index (χ3v) is 4.96. The van der Waals surface area contributed by atoms with Crippen LogP contribution in [-0.2, 0) is 0 Å². The van der Waals surface area contributed by atoms with Gasteiger partial charge in [-0.15, -0.1) is 0 Å². The highest BCUT2D eigenvalue weighted by atomic mass is 35.5. The van der Waals surface area contributed by atoms with Crippen molar-refractivity contribution >= 4 is 23.0 Å². The van der Waals surface area contributed by atoms with E-state index in [0.29, 0.717) is 29.0 Å². The maximum atomic E-state index is 13.3. The van der Waals surface area contributed by atoms with Crippen molar-refractivity contribution in [3.63, 3.8) is 0 Å². The number of nitrogens with zero attached hydrogens (tertiary/aromatic N) is 3. The van der Waals surface area contributed by atoms with Gasteiger partial charge in [0.1, 0.15) is 17.3 Å². The molecule has 2 aromatic heterocycles. The molecule has 0 N–H and O–H groups in total. The summed E-state index contributed by atoms with van der Waals surface area (Å²) in [5, 5.41) is 4.37. The Kier molecular flexibility index (Phi) is 7.95. The third-order valence-electron chi connectivity index (χ3n) is 4.67. The van der Waals surface area contributed by atoms with E-state index in [-0.39, 0.29) is 10.8 Å². The lowest BCUT2D eigenvalue weighted by Gasteiger charge is -2.05. The molecule has 0 aliphatic carbocycles. The molecule has 0 amide bonds. The van der Waals surface area contributed by atoms with Crippen LogP contribution in [0.4, 0.5) is 4.39 Å². The Balaban J connectivity index is 0.000000243. The molecule has 7 heteroatoms. The summed E-state index contributed by atoms with van der Waals surface area (Å²) in [6.45, 7) is 6.73. The number of benzene rings is 2. The van der Waals surface area contributed by atoms with Gasteiger partial charge in [0.05, 0.1) is 17.3 Å². The Morgan fingerprint density at radius 2 is 1.84 bits per heavy atom. The molecule has 2 aromatic carbocycles. The van der Waals surface area contributed by atoms with Crippen LogP contribution in [0.3, 0.4) is 0 Å². The molecule has 0 aliphatic heterocycles. The van der Waals surface area contributed by atoms with E-state index >= 15 is 0 Å². The molecule has 4 aromatic rings. The lowest BCUT2D eigenvalue weighted by atomic mass is 10.1. The van der Waals surface area contributed by atoms with Crippen molar-refractivity contribution in [1.29, 1.82) is 0 Å². The molecule has 4 rings (SSSR count). The summed E-state index contributed by atoms with van der Waals surface area (Å²) in [6, 6.07) is 15.9. The van der Waals surface area contributed by atoms with Gasteiger partial charge < -0.3 is 4.74 Å². The van der Waals surface area contributed by atoms with Gasteiger partial charge in [0, 0.05) is 24.2 Å². The Morgan fingerprint density at radius 1 is 1.09 bits per heavy atom. The van der Waals surface area contributed by atoms with Crippen molar-refractivity contribution in [2.75, 3.05) is 6.61 Å². The largest absolute Gasteiger partial charge is 0.494 e. The van der Waals surface area contributed by atoms with Gasteiger partial charge in [-0.1, -0.05) is 36.2 Å². The summed E-state index contributed by atoms with van der Waals surface area (Å²) in [6.07, 6.45) is 2.83. The molecule has 0 aliphatic rings. The van der Waals surface area contributed by atoms with Gasteiger partial charge in [0.25, 0.3) is 0 Å². The van der Waals surface area contributed by atoms with E-state index in [1.165, 1.54) is 17.7 Å². The smallest absolute Gasteiger partial charge is 0.183 e. The average Bonchev–Trinajstić information content (AvgIpc) is 3.23. The maximum absolute atomic E-state index is 13.3. The Labute approximate surface area is 191 Å². The lowest BCUT2D eigenvalue weighted by molar-refractivity contribution is 0.0976. The van der Waals surface area contributed by atoms with Crippen LogP contribution in [-0.4, -0.2) is 27.0 Å². The van der Waals surface area contributed by atoms with Crippen LogP contribution < -0.4 is 4.74 Å². The molecule has 0 spiro atoms. The zero-order chi connectivity index (χ0) is 23.1. The number of hydrogen-bond donors (Lipinski definition) is 0. The molecule has 0 fully saturated rings. The number of carbonyl (C=O) groups excluding carboxylic acids is 1. The number of hydrogen-bond acceptors (Lipinski definition) is 4. The Morgan fingerprint density at radius 3 is 2.50 bits per heavy atom. The van der Waals surface area contributed by atoms with E-state index in [2.05, 4.69) is 17.0 Å². The number of aromatic nitrogens is 3. The first-order chi connectivity index (χ1) is 15.4. The van der Waals surface area contributed by atoms with Crippen molar-refractivity contribution in [3.8, 4) is 17.0 Å². The zero-order valence-corrected chi connectivity index (χ0v) is 19.1. The van der Waals surface area contributed by atoms with Gasteiger partial charge >= 0.3 is 0 Å². The summed E-state index contributed by atoms with van der Waals surface area (Å²) in [5.74, 6) is 0.458. The fourth-order valence-electron chi connectivity index (χ4n) is 3.06. The second-order valence-electron chi connectivity index (χ2n) is 7.18. The molecule has 32 heavy (non-hydrogen) atoms. The normalized spacial score (nSPS) is 10.5. The van der Waals surface area contributed by atoms with Gasteiger partial charge in [-0.25, -0.2) is 13.9 Å². The number of ketones is 1. The monoisotopic (exact) mass is 453 g/mol. The lowest BCUT2D eigenvalue weighted by Crippen LogP contribution is -2.01. The predicted molar refractivity (Wildman–Crippen MR) is 125 cm³/mol. The van der Waals surface area contributed by atoms with Crippen molar-refractivity contribution in [1.82, 2.24) is 14.6 Å². The zero-order valence-electron chi connectivity index (χ0n) is 18.3. The molecule has 5 nitrogen and oxygen atoms in total. The van der Waals surface area contributed by atoms with Crippen LogP contribution in [0.1, 0.15) is 42.7 Å². The standard InChI is InChI=1S/C16H13ClFN3O.C9H12O/c1-2-3-15(22)13-9-16-19-7-6-14(21(16)20-13)10-4-5-12(18)11(17)8-10;1-3-10-9-6-4-8(2)5-7-9/h4-9H,2-3H2,1H3;4-7H,3H2,1-2H3. The number of fused-ring (bicyclic) bond motifs is 1. The Bertz CT molecular complexity index is 1210. The molecule has 166 valence electrons. The summed E-state index contributed by atoms with van der Waals surface area (Å²) in [7, 11) is 0. The highest BCUT2D eigenvalue weighted by molar-refractivity contribution is 6.31. The van der Waals surface area contributed by atoms with Gasteiger partial charge in [-0.2, -0.15) is 5.10 Å². The number of carbonyl (C=O) groups is 1. The number of halogens is 2. The fourth-order valence-corrected chi connectivity index (χ4v) is 3.24. The van der Waals surface area contributed by atoms with E-state index in [0.717, 1.165) is 18.8 Å². The van der Waals surface area contributed by atoms with Gasteiger partial charge in [-0.3, -0.25) is 4.79 Å². The van der Waals surface area contributed by atoms with E-state index < -0.39 is 5.82 Å². The topological polar surface area (TPSA) is 56.5 Å². The van der Waals surface area contributed by atoms with Crippen LogP contribution in [0.5, 0.6) is 5.75 Å². The first-order valence-corrected chi connectivity index (χ1v) is 10.8. The third kappa shape index (κ3) is 5.71. The molecule has 0 saturated carbocycles. The summed E-state index contributed by atoms with van der Waals surface area (Å²) in [5.41, 5.74) is 3.62. The first kappa shape index (κ1) is 23.4. The van der Waals surface area contributed by atoms with Crippen LogP contribution in [0.25, 0.3) is 16.9 Å². The van der Waals surface area contributed by atoms with Crippen LogP contribution in [0, 0.1) is 12.7 Å². The van der Waals surface area contributed by atoms with Crippen molar-refractivity contribution in [2.24, 2.45) is 0 Å². The first-order valence-electron chi connectivity index (χ1n) is 10.5. The van der Waals surface area contributed by atoms with E-state index in [1.807, 2.05) is 38.1 Å². The summed E-state index contributed by atoms with van der Waals surface area (Å²) < 4.78 is 20.1. The molecule has 0 atom stereocenters. The van der Waals surface area contributed by atoms with Gasteiger partial charge in [-0.05, 0) is 56.7 Å². The minimum atomic E-state index is -0.477. The number of ether oxygens (including phenoxy) is 1. The fraction of sp³-hybridized carbons (Fsp3) is 0.240. The summed E-state index contributed by atoms with van der Waals surface area (Å²) >= 11 is 5.84. The minimum absolute atomic E-state index is 0.0175. The van der Waals surface area contributed by atoms with Crippen LogP contribution in [0.15, 0.2) is 60.8 Å². The second kappa shape index (κ2) is 10.9. The van der Waals surface area contributed by atoms with E-state index in [1.54, 1.807) is 28.9 Å². The van der Waals surface area contributed by atoms with E-state index in [4.69, 9.17) is 16.3 Å². The SMILES string of the molecule is CCCC(=O)c1cc2nccc(-c3ccc(F)c(Cl)c3)n2n1.CCOc1ccc(C)cc1. The highest BCUT2D eigenvalue weighted by Crippen LogP contribution is 2.25. The molecule has 0 radical (unpaired) electrons. The van der Waals surface area contributed by atoms with Gasteiger partial charge in [0.2, 0.25) is 0 Å². The van der Waals surface area contributed by atoms with Crippen LogP contribution in [0.2, 0.25) is 5.02 Å². The summed E-state index contributed by atoms with van der Waals surface area (Å²) in [4.78, 5) is 16.2.